The summed E-state index contributed by atoms with van der Waals surface area (Å²) in [6, 6.07) is 0. The molecule has 0 aliphatic heterocycles. The summed E-state index contributed by atoms with van der Waals surface area (Å²) in [5.41, 5.74) is 0. The van der Waals surface area contributed by atoms with E-state index in [1.165, 1.54) is 0 Å². The Morgan fingerprint density at radius 2 is 2.33 bits per heavy atom. The lowest BCUT2D eigenvalue weighted by molar-refractivity contribution is 0.562. The van der Waals surface area contributed by atoms with Crippen LogP contribution in [0.4, 0.5) is 0 Å². The van der Waals surface area contributed by atoms with Crippen molar-refractivity contribution < 1.29 is 4.43 Å². The Hall–Kier alpha value is -0.423. The molecule has 0 bridgehead atoms. The van der Waals surface area contributed by atoms with Crippen LogP contribution in [-0.2, 0) is 4.43 Å². The van der Waals surface area contributed by atoms with Gasteiger partial charge in [0.15, 0.2) is 0 Å². The molecule has 0 N–H and O–H groups in total. The van der Waals surface area contributed by atoms with Crippen LogP contribution in [0.5, 0.6) is 0 Å². The minimum atomic E-state index is 0.491. The van der Waals surface area contributed by atoms with Gasteiger partial charge in [0.25, 0.3) is 0 Å². The Morgan fingerprint density at radius 3 is 2.50 bits per heavy atom. The summed E-state index contributed by atoms with van der Waals surface area (Å²) in [5.74, 6) is 2.60. The van der Waals surface area contributed by atoms with E-state index in [2.05, 4.69) is 16.5 Å². The second-order valence-corrected chi connectivity index (χ2v) is 1.27. The molecule has 0 aromatic heterocycles. The summed E-state index contributed by atoms with van der Waals surface area (Å²) < 4.78 is 4.65. The van der Waals surface area contributed by atoms with Crippen molar-refractivity contribution in [2.45, 2.75) is 13.5 Å². The van der Waals surface area contributed by atoms with Gasteiger partial charge in [0.2, 0.25) is 0 Å². The molecule has 0 unspecified atom stereocenters. The van der Waals surface area contributed by atoms with Crippen LogP contribution in [0.3, 0.4) is 0 Å². The minimum absolute atomic E-state index is 0.491. The van der Waals surface area contributed by atoms with Crippen LogP contribution in [0.1, 0.15) is 6.92 Å². The Kier molecular flexibility index (Phi) is 4.25. The normalized spacial score (nSPS) is 5.67. The largest absolute Gasteiger partial charge is 0.500 e. The van der Waals surface area contributed by atoms with Crippen LogP contribution in [0.2, 0.25) is 6.55 Å². The fraction of sp³-hybridized carbons (Fsp3) is 0.500. The van der Waals surface area contributed by atoms with Gasteiger partial charge in [-0.3, -0.25) is 0 Å². The lowest BCUT2D eigenvalue weighted by Gasteiger charge is -1.78. The predicted molar refractivity (Wildman–Crippen MR) is 26.2 cm³/mol. The van der Waals surface area contributed by atoms with E-state index in [4.69, 9.17) is 0 Å². The van der Waals surface area contributed by atoms with Crippen molar-refractivity contribution in [1.82, 2.24) is 0 Å². The van der Waals surface area contributed by atoms with Crippen LogP contribution < -0.4 is 0 Å². The standard InChI is InChI=1S/C4H6OSi/c1-3-4-5-6-2/h1-2H3. The molecule has 0 atom stereocenters. The van der Waals surface area contributed by atoms with E-state index >= 15 is 0 Å². The number of rotatable bonds is 1. The van der Waals surface area contributed by atoms with Crippen LogP contribution in [0.25, 0.3) is 0 Å². The Balaban J connectivity index is 2.79. The third-order valence-electron chi connectivity index (χ3n) is 0.255. The van der Waals surface area contributed by atoms with E-state index in [9.17, 15) is 0 Å². The Bertz CT molecular complexity index is 69.4. The predicted octanol–water partition coefficient (Wildman–Crippen LogP) is 0.651. The first kappa shape index (κ1) is 5.58. The first-order chi connectivity index (χ1) is 2.91. The molecule has 0 fully saturated rings. The van der Waals surface area contributed by atoms with Crippen molar-refractivity contribution in [2.75, 3.05) is 0 Å². The van der Waals surface area contributed by atoms with Gasteiger partial charge in [-0.05, 0) is 6.55 Å². The summed E-state index contributed by atoms with van der Waals surface area (Å²) in [4.78, 5) is 0. The van der Waals surface area contributed by atoms with Crippen molar-refractivity contribution in [1.29, 1.82) is 0 Å². The second kappa shape index (κ2) is 4.58. The molecule has 0 amide bonds. The molecule has 2 radical (unpaired) electrons. The fourth-order valence-electron chi connectivity index (χ4n) is 0.102. The zero-order valence-corrected chi connectivity index (χ0v) is 4.91. The first-order valence-electron chi connectivity index (χ1n) is 1.66. The summed E-state index contributed by atoms with van der Waals surface area (Å²) >= 11 is 0. The number of hydrogen-bond donors (Lipinski definition) is 0. The molecule has 0 aromatic rings. The lowest BCUT2D eigenvalue weighted by Crippen LogP contribution is -1.80. The van der Waals surface area contributed by atoms with Crippen molar-refractivity contribution in [3.05, 3.63) is 0 Å². The van der Waals surface area contributed by atoms with Crippen LogP contribution in [0.15, 0.2) is 0 Å². The van der Waals surface area contributed by atoms with Gasteiger partial charge < -0.3 is 4.43 Å². The van der Waals surface area contributed by atoms with Gasteiger partial charge in [0.05, 0.1) is 6.11 Å². The van der Waals surface area contributed by atoms with Gasteiger partial charge in [0, 0.05) is 6.92 Å². The molecular formula is C4H6OSi. The molecule has 0 aliphatic carbocycles. The van der Waals surface area contributed by atoms with E-state index in [1.807, 2.05) is 6.55 Å². The van der Waals surface area contributed by atoms with Crippen molar-refractivity contribution in [3.63, 3.8) is 0 Å². The van der Waals surface area contributed by atoms with Gasteiger partial charge >= 0.3 is 9.76 Å². The molecule has 0 rings (SSSR count). The smallest absolute Gasteiger partial charge is 0.324 e. The quantitative estimate of drug-likeness (QED) is 0.345. The van der Waals surface area contributed by atoms with Crippen molar-refractivity contribution in [2.24, 2.45) is 0 Å². The summed E-state index contributed by atoms with van der Waals surface area (Å²) in [6.07, 6.45) is 2.46. The van der Waals surface area contributed by atoms with Crippen molar-refractivity contribution in [3.8, 4) is 12.0 Å². The maximum atomic E-state index is 4.65. The minimum Gasteiger partial charge on any atom is -0.500 e. The zero-order chi connectivity index (χ0) is 4.83. The molecule has 2 heteroatoms. The highest BCUT2D eigenvalue weighted by Crippen LogP contribution is 1.58. The fourth-order valence-corrected chi connectivity index (χ4v) is 0.306. The third kappa shape index (κ3) is 3.58. The van der Waals surface area contributed by atoms with Crippen LogP contribution >= 0.6 is 0 Å². The van der Waals surface area contributed by atoms with Crippen LogP contribution in [-0.4, -0.2) is 9.76 Å². The SMILES string of the molecule is CC#CO[Si]C. The average Bonchev–Trinajstić information content (AvgIpc) is 1.61. The van der Waals surface area contributed by atoms with E-state index in [-0.39, 0.29) is 0 Å². The Labute approximate surface area is 40.6 Å². The highest BCUT2D eigenvalue weighted by Gasteiger charge is 1.66. The van der Waals surface area contributed by atoms with E-state index in [0.717, 1.165) is 0 Å². The molecule has 32 valence electrons. The molecular weight excluding hydrogens is 92.1 g/mol. The van der Waals surface area contributed by atoms with Crippen LogP contribution in [0, 0.1) is 12.0 Å². The molecule has 0 heterocycles. The summed E-state index contributed by atoms with van der Waals surface area (Å²) in [6.45, 7) is 3.68. The molecule has 6 heavy (non-hydrogen) atoms. The maximum Gasteiger partial charge on any atom is 0.324 e. The topological polar surface area (TPSA) is 9.23 Å². The van der Waals surface area contributed by atoms with Gasteiger partial charge in [-0.25, -0.2) is 0 Å². The third-order valence-corrected chi connectivity index (χ3v) is 0.561. The molecule has 0 saturated heterocycles. The highest BCUT2D eigenvalue weighted by molar-refractivity contribution is 6.25. The zero-order valence-electron chi connectivity index (χ0n) is 3.91. The average molecular weight is 98.2 g/mol. The maximum absolute atomic E-state index is 4.65. The Morgan fingerprint density at radius 1 is 1.67 bits per heavy atom. The van der Waals surface area contributed by atoms with Gasteiger partial charge in [-0.1, -0.05) is 5.92 Å². The van der Waals surface area contributed by atoms with Gasteiger partial charge in [-0.15, -0.1) is 0 Å². The monoisotopic (exact) mass is 98.0 g/mol. The lowest BCUT2D eigenvalue weighted by atomic mass is 10.8. The van der Waals surface area contributed by atoms with E-state index in [1.54, 1.807) is 6.92 Å². The van der Waals surface area contributed by atoms with Gasteiger partial charge in [0.1, 0.15) is 0 Å². The highest BCUT2D eigenvalue weighted by atomic mass is 28.2. The molecule has 1 nitrogen and oxygen atoms in total. The molecule has 0 aliphatic rings. The first-order valence-corrected chi connectivity index (χ1v) is 3.07. The van der Waals surface area contributed by atoms with E-state index in [0.29, 0.717) is 9.76 Å². The molecule has 0 aromatic carbocycles. The molecule has 0 spiro atoms. The van der Waals surface area contributed by atoms with E-state index < -0.39 is 0 Å². The van der Waals surface area contributed by atoms with Crippen molar-refractivity contribution >= 4 is 9.76 Å². The summed E-state index contributed by atoms with van der Waals surface area (Å²) in [7, 11) is 0.491. The number of hydrogen-bond acceptors (Lipinski definition) is 1. The van der Waals surface area contributed by atoms with Gasteiger partial charge in [-0.2, -0.15) is 0 Å². The molecule has 0 saturated carbocycles. The second-order valence-electron chi connectivity index (χ2n) is 0.658. The summed E-state index contributed by atoms with van der Waals surface area (Å²) in [5, 5.41) is 0.